The molecule has 1 unspecified atom stereocenters. The Balaban J connectivity index is 2.82. The van der Waals surface area contributed by atoms with Gasteiger partial charge in [0.25, 0.3) is 0 Å². The van der Waals surface area contributed by atoms with Gasteiger partial charge in [-0.2, -0.15) is 0 Å². The van der Waals surface area contributed by atoms with Gasteiger partial charge in [0, 0.05) is 11.3 Å². The third-order valence-electron chi connectivity index (χ3n) is 2.74. The third kappa shape index (κ3) is 4.16. The van der Waals surface area contributed by atoms with Crippen molar-refractivity contribution in [2.24, 2.45) is 11.8 Å². The number of anilines is 1. The van der Waals surface area contributed by atoms with Gasteiger partial charge < -0.3 is 5.43 Å². The molecule has 0 spiro atoms. The van der Waals surface area contributed by atoms with Crippen molar-refractivity contribution >= 4 is 17.6 Å². The summed E-state index contributed by atoms with van der Waals surface area (Å²) in [6.45, 7) is 6.62. The fraction of sp³-hybridized carbons (Fsp3) is 0.667. The summed E-state index contributed by atoms with van der Waals surface area (Å²) in [4.78, 5) is 8.53. The lowest BCUT2D eigenvalue weighted by Gasteiger charge is -2.13. The first kappa shape index (κ1) is 14.3. The topological polar surface area (TPSA) is 63.8 Å². The number of thioether (sulfide) groups is 1. The van der Waals surface area contributed by atoms with E-state index in [1.165, 1.54) is 6.42 Å². The lowest BCUT2D eigenvalue weighted by atomic mass is 10.2. The molecule has 1 rings (SSSR count). The fourth-order valence-electron chi connectivity index (χ4n) is 1.46. The number of nitrogens with one attached hydrogen (secondary N) is 1. The van der Waals surface area contributed by atoms with E-state index in [0.29, 0.717) is 5.92 Å². The molecule has 1 aromatic rings. The maximum atomic E-state index is 5.48. The summed E-state index contributed by atoms with van der Waals surface area (Å²) >= 11 is 1.80. The highest BCUT2D eigenvalue weighted by Crippen LogP contribution is 2.27. The van der Waals surface area contributed by atoms with E-state index >= 15 is 0 Å². The van der Waals surface area contributed by atoms with Gasteiger partial charge in [-0.1, -0.05) is 33.6 Å². The molecule has 1 atom stereocenters. The van der Waals surface area contributed by atoms with Crippen LogP contribution < -0.4 is 11.3 Å². The van der Waals surface area contributed by atoms with Gasteiger partial charge in [-0.15, -0.1) is 11.8 Å². The zero-order valence-electron chi connectivity index (χ0n) is 10.9. The van der Waals surface area contributed by atoms with Gasteiger partial charge in [-0.25, -0.2) is 15.8 Å². The van der Waals surface area contributed by atoms with Gasteiger partial charge in [-0.3, -0.25) is 0 Å². The smallest absolute Gasteiger partial charge is 0.147 e. The van der Waals surface area contributed by atoms with Crippen molar-refractivity contribution < 1.29 is 0 Å². The molecule has 0 aromatic carbocycles. The predicted molar refractivity (Wildman–Crippen MR) is 74.0 cm³/mol. The van der Waals surface area contributed by atoms with E-state index in [1.54, 1.807) is 18.1 Å². The zero-order valence-corrected chi connectivity index (χ0v) is 11.7. The van der Waals surface area contributed by atoms with Crippen molar-refractivity contribution in [1.29, 1.82) is 0 Å². The van der Waals surface area contributed by atoms with Crippen LogP contribution in [0.2, 0.25) is 0 Å². The summed E-state index contributed by atoms with van der Waals surface area (Å²) < 4.78 is 0. The minimum atomic E-state index is 0.707. The van der Waals surface area contributed by atoms with Gasteiger partial charge in [-0.05, 0) is 12.3 Å². The van der Waals surface area contributed by atoms with Gasteiger partial charge >= 0.3 is 0 Å². The molecule has 0 bridgehead atoms. The Kier molecular flexibility index (Phi) is 6.29. The fourth-order valence-corrected chi connectivity index (χ4v) is 2.63. The van der Waals surface area contributed by atoms with Crippen LogP contribution in [0.3, 0.4) is 0 Å². The molecule has 5 heteroatoms. The molecule has 96 valence electrons. The Labute approximate surface area is 108 Å². The molecule has 0 saturated heterocycles. The molecule has 0 fully saturated rings. The lowest BCUT2D eigenvalue weighted by Crippen LogP contribution is -2.12. The van der Waals surface area contributed by atoms with E-state index in [4.69, 9.17) is 5.84 Å². The van der Waals surface area contributed by atoms with E-state index in [2.05, 4.69) is 36.2 Å². The van der Waals surface area contributed by atoms with Gasteiger partial charge in [0.1, 0.15) is 17.2 Å². The first-order chi connectivity index (χ1) is 8.22. The summed E-state index contributed by atoms with van der Waals surface area (Å²) in [7, 11) is 0. The molecule has 0 radical (unpaired) electrons. The van der Waals surface area contributed by atoms with Crippen molar-refractivity contribution in [3.8, 4) is 0 Å². The number of aromatic nitrogens is 2. The van der Waals surface area contributed by atoms with Crippen molar-refractivity contribution in [3.05, 3.63) is 11.9 Å². The predicted octanol–water partition coefficient (Wildman–Crippen LogP) is 2.85. The van der Waals surface area contributed by atoms with Gasteiger partial charge in [0.2, 0.25) is 0 Å². The monoisotopic (exact) mass is 254 g/mol. The lowest BCUT2D eigenvalue weighted by molar-refractivity contribution is 0.636. The minimum Gasteiger partial charge on any atom is -0.308 e. The molecule has 0 aliphatic carbocycles. The van der Waals surface area contributed by atoms with Gasteiger partial charge in [0.05, 0.1) is 0 Å². The van der Waals surface area contributed by atoms with E-state index in [1.807, 2.05) is 0 Å². The Morgan fingerprint density at radius 3 is 2.76 bits per heavy atom. The van der Waals surface area contributed by atoms with E-state index < -0.39 is 0 Å². The van der Waals surface area contributed by atoms with Crippen LogP contribution in [0.25, 0.3) is 0 Å². The number of hydrazine groups is 1. The van der Waals surface area contributed by atoms with Crippen molar-refractivity contribution in [2.45, 2.75) is 45.1 Å². The van der Waals surface area contributed by atoms with E-state index in [9.17, 15) is 0 Å². The molecule has 17 heavy (non-hydrogen) atoms. The number of nitrogen functional groups attached to an aromatic ring is 1. The number of hydrogen-bond donors (Lipinski definition) is 2. The maximum absolute atomic E-state index is 5.48. The Morgan fingerprint density at radius 2 is 2.18 bits per heavy atom. The molecule has 0 aliphatic heterocycles. The molecular weight excluding hydrogens is 232 g/mol. The second-order valence-corrected chi connectivity index (χ2v) is 5.23. The summed E-state index contributed by atoms with van der Waals surface area (Å²) in [6.07, 6.45) is 4.80. The molecule has 1 aromatic heterocycles. The molecule has 4 nitrogen and oxygen atoms in total. The van der Waals surface area contributed by atoms with Gasteiger partial charge in [0.15, 0.2) is 0 Å². The van der Waals surface area contributed by atoms with Crippen LogP contribution in [0.4, 0.5) is 5.82 Å². The van der Waals surface area contributed by atoms with Crippen LogP contribution in [-0.4, -0.2) is 15.7 Å². The van der Waals surface area contributed by atoms with Crippen molar-refractivity contribution in [2.75, 3.05) is 11.2 Å². The molecule has 0 amide bonds. The third-order valence-corrected chi connectivity index (χ3v) is 4.10. The Bertz CT molecular complexity index is 343. The number of hydrogen-bond acceptors (Lipinski definition) is 5. The molecule has 1 heterocycles. The normalized spacial score (nSPS) is 12.5. The second kappa shape index (κ2) is 7.50. The SMILES string of the molecule is CCCc1c(NN)ncnc1SCC(C)CC. The molecule has 0 aliphatic rings. The highest BCUT2D eigenvalue weighted by molar-refractivity contribution is 7.99. The zero-order chi connectivity index (χ0) is 12.7. The maximum Gasteiger partial charge on any atom is 0.147 e. The molecular formula is C12H22N4S. The first-order valence-corrected chi connectivity index (χ1v) is 7.14. The summed E-state index contributed by atoms with van der Waals surface area (Å²) in [6, 6.07) is 0. The van der Waals surface area contributed by atoms with Crippen LogP contribution in [0, 0.1) is 5.92 Å². The van der Waals surface area contributed by atoms with Crippen LogP contribution >= 0.6 is 11.8 Å². The summed E-state index contributed by atoms with van der Waals surface area (Å²) in [5.74, 6) is 8.04. The standard InChI is InChI=1S/C12H22N4S/c1-4-6-10-11(16-13)14-8-15-12(10)17-7-9(3)5-2/h8-9H,4-7,13H2,1-3H3,(H,14,15,16). The summed E-state index contributed by atoms with van der Waals surface area (Å²) in [5, 5.41) is 1.06. The van der Waals surface area contributed by atoms with Crippen LogP contribution in [0.15, 0.2) is 11.4 Å². The largest absolute Gasteiger partial charge is 0.308 e. The van der Waals surface area contributed by atoms with Crippen LogP contribution in [-0.2, 0) is 6.42 Å². The highest BCUT2D eigenvalue weighted by atomic mass is 32.2. The Hall–Kier alpha value is -0.810. The number of rotatable bonds is 7. The Morgan fingerprint density at radius 1 is 1.41 bits per heavy atom. The van der Waals surface area contributed by atoms with Crippen molar-refractivity contribution in [3.63, 3.8) is 0 Å². The number of nitrogens with zero attached hydrogens (tertiary/aromatic N) is 2. The average Bonchev–Trinajstić information content (AvgIpc) is 2.37. The van der Waals surface area contributed by atoms with Crippen molar-refractivity contribution in [1.82, 2.24) is 9.97 Å². The average molecular weight is 254 g/mol. The molecule has 0 saturated carbocycles. The quantitative estimate of drug-likeness (QED) is 0.339. The summed E-state index contributed by atoms with van der Waals surface area (Å²) in [5.41, 5.74) is 3.80. The molecule has 3 N–H and O–H groups in total. The highest BCUT2D eigenvalue weighted by Gasteiger charge is 2.11. The van der Waals surface area contributed by atoms with Crippen LogP contribution in [0.5, 0.6) is 0 Å². The minimum absolute atomic E-state index is 0.707. The first-order valence-electron chi connectivity index (χ1n) is 6.16. The van der Waals surface area contributed by atoms with E-state index in [-0.39, 0.29) is 0 Å². The van der Waals surface area contributed by atoms with E-state index in [0.717, 1.165) is 35.0 Å². The second-order valence-electron chi connectivity index (χ2n) is 4.22. The number of nitrogens with two attached hydrogens (primary N) is 1. The van der Waals surface area contributed by atoms with Crippen LogP contribution in [0.1, 0.15) is 39.2 Å².